The van der Waals surface area contributed by atoms with E-state index >= 15 is 0 Å². The Hall–Kier alpha value is -2.86. The summed E-state index contributed by atoms with van der Waals surface area (Å²) in [6.07, 6.45) is 7.06. The SMILES string of the molecule is CCC(c1nc2ccccc2c(=O)n1-c1ccc(Cl)cc1C)N(CCC(C)C)C(=O)NC1CCCCC1. The molecule has 1 heterocycles. The zero-order chi connectivity index (χ0) is 26.5. The maximum absolute atomic E-state index is 14.0. The number of rotatable bonds is 8. The smallest absolute Gasteiger partial charge is 0.318 e. The monoisotopic (exact) mass is 522 g/mol. The number of carbonyl (C=O) groups is 1. The van der Waals surface area contributed by atoms with Crippen molar-refractivity contribution in [1.82, 2.24) is 19.8 Å². The lowest BCUT2D eigenvalue weighted by Gasteiger charge is -2.35. The molecule has 6 nitrogen and oxygen atoms in total. The molecule has 198 valence electrons. The summed E-state index contributed by atoms with van der Waals surface area (Å²) in [7, 11) is 0. The number of carbonyl (C=O) groups excluding carboxylic acids is 1. The summed E-state index contributed by atoms with van der Waals surface area (Å²) >= 11 is 6.26. The van der Waals surface area contributed by atoms with Crippen LogP contribution < -0.4 is 10.9 Å². The van der Waals surface area contributed by atoms with E-state index in [1.807, 2.05) is 48.2 Å². The highest BCUT2D eigenvalue weighted by molar-refractivity contribution is 6.30. The normalized spacial score (nSPS) is 15.2. The van der Waals surface area contributed by atoms with Crippen LogP contribution in [0.1, 0.15) is 83.1 Å². The molecule has 1 aliphatic carbocycles. The van der Waals surface area contributed by atoms with Crippen molar-refractivity contribution in [3.63, 3.8) is 0 Å². The molecule has 0 spiro atoms. The average molecular weight is 523 g/mol. The maximum atomic E-state index is 14.0. The zero-order valence-electron chi connectivity index (χ0n) is 22.5. The number of para-hydroxylation sites is 1. The highest BCUT2D eigenvalue weighted by Gasteiger charge is 2.30. The van der Waals surface area contributed by atoms with Crippen molar-refractivity contribution >= 4 is 28.5 Å². The molecule has 1 atom stereocenters. The largest absolute Gasteiger partial charge is 0.335 e. The summed E-state index contributed by atoms with van der Waals surface area (Å²) in [5.74, 6) is 1.02. The van der Waals surface area contributed by atoms with Gasteiger partial charge < -0.3 is 10.2 Å². The number of amides is 2. The number of hydrogen-bond donors (Lipinski definition) is 1. The fourth-order valence-corrected chi connectivity index (χ4v) is 5.55. The molecule has 2 aromatic carbocycles. The molecule has 1 fully saturated rings. The molecule has 1 N–H and O–H groups in total. The van der Waals surface area contributed by atoms with Crippen LogP contribution in [0, 0.1) is 12.8 Å². The number of hydrogen-bond acceptors (Lipinski definition) is 3. The molecular formula is C30H39ClN4O2. The Bertz CT molecular complexity index is 1300. The van der Waals surface area contributed by atoms with Crippen molar-refractivity contribution in [2.24, 2.45) is 5.92 Å². The lowest BCUT2D eigenvalue weighted by atomic mass is 9.95. The minimum atomic E-state index is -0.366. The molecule has 7 heteroatoms. The molecule has 0 radical (unpaired) electrons. The van der Waals surface area contributed by atoms with Gasteiger partial charge in [0.1, 0.15) is 5.82 Å². The molecule has 0 saturated heterocycles. The van der Waals surface area contributed by atoms with Crippen LogP contribution in [0.15, 0.2) is 47.3 Å². The Kier molecular flexibility index (Phi) is 8.91. The first-order chi connectivity index (χ1) is 17.8. The van der Waals surface area contributed by atoms with Gasteiger partial charge in [0.15, 0.2) is 0 Å². The second-order valence-corrected chi connectivity index (χ2v) is 11.1. The van der Waals surface area contributed by atoms with Gasteiger partial charge in [-0.3, -0.25) is 9.36 Å². The van der Waals surface area contributed by atoms with Gasteiger partial charge in [0.2, 0.25) is 0 Å². The average Bonchev–Trinajstić information content (AvgIpc) is 2.87. The highest BCUT2D eigenvalue weighted by atomic mass is 35.5. The minimum absolute atomic E-state index is 0.0683. The van der Waals surface area contributed by atoms with Crippen LogP contribution in [-0.4, -0.2) is 33.1 Å². The third kappa shape index (κ3) is 6.18. The summed E-state index contributed by atoms with van der Waals surface area (Å²) in [5, 5.41) is 4.48. The van der Waals surface area contributed by atoms with E-state index in [-0.39, 0.29) is 23.7 Å². The van der Waals surface area contributed by atoms with E-state index in [9.17, 15) is 9.59 Å². The van der Waals surface area contributed by atoms with Crippen LogP contribution in [-0.2, 0) is 0 Å². The van der Waals surface area contributed by atoms with Gasteiger partial charge in [0.05, 0.1) is 22.6 Å². The number of urea groups is 1. The standard InChI is InChI=1S/C30H39ClN4O2/c1-5-26(34(18-17-20(2)3)30(37)32-23-11-7-6-8-12-23)28-33-25-14-10-9-13-24(25)29(36)35(28)27-16-15-22(31)19-21(27)4/h9-10,13-16,19-20,23,26H,5-8,11-12,17-18H2,1-4H3,(H,32,37). The van der Waals surface area contributed by atoms with Gasteiger partial charge in [-0.25, -0.2) is 9.78 Å². The molecular weight excluding hydrogens is 484 g/mol. The van der Waals surface area contributed by atoms with Crippen LogP contribution in [0.4, 0.5) is 4.79 Å². The van der Waals surface area contributed by atoms with Gasteiger partial charge >= 0.3 is 6.03 Å². The summed E-state index contributed by atoms with van der Waals surface area (Å²) in [6.45, 7) is 8.93. The predicted octanol–water partition coefficient (Wildman–Crippen LogP) is 7.19. The van der Waals surface area contributed by atoms with Crippen molar-refractivity contribution in [3.05, 3.63) is 69.2 Å². The van der Waals surface area contributed by atoms with Crippen molar-refractivity contribution in [2.75, 3.05) is 6.54 Å². The van der Waals surface area contributed by atoms with Gasteiger partial charge in [-0.15, -0.1) is 0 Å². The second-order valence-electron chi connectivity index (χ2n) is 10.6. The number of fused-ring (bicyclic) bond motifs is 1. The molecule has 1 aromatic heterocycles. The zero-order valence-corrected chi connectivity index (χ0v) is 23.2. The molecule has 3 aromatic rings. The number of nitrogens with zero attached hydrogens (tertiary/aromatic N) is 3. The topological polar surface area (TPSA) is 67.2 Å². The van der Waals surface area contributed by atoms with E-state index in [0.29, 0.717) is 40.6 Å². The Labute approximate surface area is 225 Å². The van der Waals surface area contributed by atoms with E-state index in [1.165, 1.54) is 6.42 Å². The quantitative estimate of drug-likeness (QED) is 0.340. The van der Waals surface area contributed by atoms with Gasteiger partial charge in [0.25, 0.3) is 5.56 Å². The number of benzene rings is 2. The van der Waals surface area contributed by atoms with Crippen molar-refractivity contribution < 1.29 is 4.79 Å². The predicted molar refractivity (Wildman–Crippen MR) is 152 cm³/mol. The molecule has 4 rings (SSSR count). The first-order valence-electron chi connectivity index (χ1n) is 13.7. The molecule has 1 unspecified atom stereocenters. The summed E-state index contributed by atoms with van der Waals surface area (Å²) in [6, 6.07) is 12.7. The van der Waals surface area contributed by atoms with Gasteiger partial charge in [-0.05, 0) is 74.4 Å². The van der Waals surface area contributed by atoms with E-state index < -0.39 is 0 Å². The highest BCUT2D eigenvalue weighted by Crippen LogP contribution is 2.29. The van der Waals surface area contributed by atoms with Crippen LogP contribution in [0.25, 0.3) is 16.6 Å². The van der Waals surface area contributed by atoms with E-state index in [2.05, 4.69) is 26.1 Å². The second kappa shape index (κ2) is 12.1. The van der Waals surface area contributed by atoms with Crippen molar-refractivity contribution in [1.29, 1.82) is 0 Å². The molecule has 0 bridgehead atoms. The van der Waals surface area contributed by atoms with E-state index in [1.54, 1.807) is 10.6 Å². The molecule has 1 saturated carbocycles. The van der Waals surface area contributed by atoms with Crippen LogP contribution >= 0.6 is 11.6 Å². The molecule has 2 amide bonds. The first kappa shape index (κ1) is 27.2. The minimum Gasteiger partial charge on any atom is -0.335 e. The lowest BCUT2D eigenvalue weighted by Crippen LogP contribution is -2.48. The first-order valence-corrected chi connectivity index (χ1v) is 14.0. The molecule has 1 aliphatic rings. The van der Waals surface area contributed by atoms with Crippen LogP contribution in [0.3, 0.4) is 0 Å². The van der Waals surface area contributed by atoms with Crippen LogP contribution in [0.2, 0.25) is 5.02 Å². The number of nitrogens with one attached hydrogen (secondary N) is 1. The van der Waals surface area contributed by atoms with Crippen molar-refractivity contribution in [3.8, 4) is 5.69 Å². The summed E-state index contributed by atoms with van der Waals surface area (Å²) < 4.78 is 1.69. The number of aromatic nitrogens is 2. The van der Waals surface area contributed by atoms with E-state index in [0.717, 1.165) is 43.4 Å². The van der Waals surface area contributed by atoms with Gasteiger partial charge in [-0.2, -0.15) is 0 Å². The van der Waals surface area contributed by atoms with E-state index in [4.69, 9.17) is 16.6 Å². The fraction of sp³-hybridized carbons (Fsp3) is 0.500. The lowest BCUT2D eigenvalue weighted by molar-refractivity contribution is 0.157. The Morgan fingerprint density at radius 3 is 2.57 bits per heavy atom. The number of halogens is 1. The number of aryl methyl sites for hydroxylation is 1. The van der Waals surface area contributed by atoms with Crippen molar-refractivity contribution in [2.45, 2.75) is 84.7 Å². The van der Waals surface area contributed by atoms with Gasteiger partial charge in [-0.1, -0.05) is 63.8 Å². The molecule has 0 aliphatic heterocycles. The Balaban J connectivity index is 1.86. The summed E-state index contributed by atoms with van der Waals surface area (Å²) in [5.41, 5.74) is 2.11. The van der Waals surface area contributed by atoms with Gasteiger partial charge in [0, 0.05) is 17.6 Å². The third-order valence-electron chi connectivity index (χ3n) is 7.40. The van der Waals surface area contributed by atoms with Crippen LogP contribution in [0.5, 0.6) is 0 Å². The third-order valence-corrected chi connectivity index (χ3v) is 7.64. The Morgan fingerprint density at radius 2 is 1.89 bits per heavy atom. The fourth-order valence-electron chi connectivity index (χ4n) is 5.32. The summed E-state index contributed by atoms with van der Waals surface area (Å²) in [4.78, 5) is 34.7. The Morgan fingerprint density at radius 1 is 1.16 bits per heavy atom. The molecule has 37 heavy (non-hydrogen) atoms. The maximum Gasteiger partial charge on any atom is 0.318 e.